The average molecular weight is 580 g/mol. The van der Waals surface area contributed by atoms with Crippen LogP contribution < -0.4 is 9.64 Å². The Hall–Kier alpha value is -3.64. The molecule has 2 aliphatic heterocycles. The molecule has 3 aromatic rings. The lowest BCUT2D eigenvalue weighted by atomic mass is 10.0. The number of aromatic hydroxyl groups is 1. The summed E-state index contributed by atoms with van der Waals surface area (Å²) in [7, 11) is 0. The van der Waals surface area contributed by atoms with E-state index in [0.29, 0.717) is 19.6 Å². The van der Waals surface area contributed by atoms with Gasteiger partial charge in [0.05, 0.1) is 23.7 Å². The molecule has 0 spiro atoms. The van der Waals surface area contributed by atoms with E-state index < -0.39 is 28.9 Å². The summed E-state index contributed by atoms with van der Waals surface area (Å²) in [5.74, 6) is -5.05. The quantitative estimate of drug-likeness (QED) is 0.326. The summed E-state index contributed by atoms with van der Waals surface area (Å²) in [6.45, 7) is 5.80. The van der Waals surface area contributed by atoms with E-state index in [-0.39, 0.29) is 71.5 Å². The number of carbonyl (C=O) groups excluding carboxylic acids is 1. The molecule has 1 amide bonds. The summed E-state index contributed by atoms with van der Waals surface area (Å²) in [6, 6.07) is 4.50. The fourth-order valence-electron chi connectivity index (χ4n) is 5.08. The van der Waals surface area contributed by atoms with Gasteiger partial charge in [0.1, 0.15) is 29.5 Å². The van der Waals surface area contributed by atoms with Crippen LogP contribution >= 0.6 is 11.6 Å². The standard InChI is InChI=1S/C27H26ClF4N5O3/c1-3-20(39)37-8-7-36(12-15(37)2)25-16-11-17(28)21(22-18(29)5-4-6-19(22)38)23(30)24(16)33-26(34-25)40-10-9-35-13-27(31,32)14-35/h3-6,11,15,38H,1,7-10,12-14H2,2H3/t15-/m1/s1. The minimum Gasteiger partial charge on any atom is -0.507 e. The van der Waals surface area contributed by atoms with Gasteiger partial charge in [0.25, 0.3) is 5.92 Å². The third-order valence-electron chi connectivity index (χ3n) is 7.02. The SMILES string of the molecule is C=CC(=O)N1CCN(c2nc(OCCN3CC(F)(F)C3)nc3c(F)c(-c4c(O)cccc4F)c(Cl)cc23)C[C@H]1C. The van der Waals surface area contributed by atoms with E-state index in [1.54, 1.807) is 4.90 Å². The van der Waals surface area contributed by atoms with Gasteiger partial charge < -0.3 is 19.6 Å². The van der Waals surface area contributed by atoms with Gasteiger partial charge in [0, 0.05) is 43.2 Å². The first-order chi connectivity index (χ1) is 19.0. The highest BCUT2D eigenvalue weighted by atomic mass is 35.5. The molecule has 3 heterocycles. The molecule has 2 saturated heterocycles. The fourth-order valence-corrected chi connectivity index (χ4v) is 5.37. The molecule has 0 radical (unpaired) electrons. The third-order valence-corrected chi connectivity index (χ3v) is 7.32. The molecule has 212 valence electrons. The molecular weight excluding hydrogens is 554 g/mol. The zero-order valence-corrected chi connectivity index (χ0v) is 22.3. The molecular formula is C27H26ClF4N5O3. The number of hydrogen-bond acceptors (Lipinski definition) is 7. The largest absolute Gasteiger partial charge is 0.507 e. The number of amides is 1. The molecule has 8 nitrogen and oxygen atoms in total. The Morgan fingerprint density at radius 3 is 2.65 bits per heavy atom. The van der Waals surface area contributed by atoms with Crippen LogP contribution in [0.25, 0.3) is 22.0 Å². The van der Waals surface area contributed by atoms with Crippen LogP contribution in [0.3, 0.4) is 0 Å². The Balaban J connectivity index is 1.55. The maximum absolute atomic E-state index is 16.1. The molecule has 5 rings (SSSR count). The van der Waals surface area contributed by atoms with E-state index in [1.807, 2.05) is 11.8 Å². The lowest BCUT2D eigenvalue weighted by Crippen LogP contribution is -2.57. The van der Waals surface area contributed by atoms with Crippen LogP contribution in [0.4, 0.5) is 23.4 Å². The van der Waals surface area contributed by atoms with E-state index in [2.05, 4.69) is 16.5 Å². The normalized spacial score (nSPS) is 19.0. The molecule has 0 bridgehead atoms. The summed E-state index contributed by atoms with van der Waals surface area (Å²) in [5.41, 5.74) is -1.02. The second-order valence-electron chi connectivity index (χ2n) is 9.85. The van der Waals surface area contributed by atoms with Gasteiger partial charge in [-0.15, -0.1) is 0 Å². The summed E-state index contributed by atoms with van der Waals surface area (Å²) in [5, 5.41) is 10.3. The van der Waals surface area contributed by atoms with Crippen molar-refractivity contribution in [2.75, 3.05) is 50.8 Å². The number of nitrogens with zero attached hydrogens (tertiary/aromatic N) is 5. The van der Waals surface area contributed by atoms with Gasteiger partial charge in [0.15, 0.2) is 5.82 Å². The highest BCUT2D eigenvalue weighted by molar-refractivity contribution is 6.34. The highest BCUT2D eigenvalue weighted by Crippen LogP contribution is 2.42. The van der Waals surface area contributed by atoms with Crippen molar-refractivity contribution >= 4 is 34.2 Å². The van der Waals surface area contributed by atoms with Gasteiger partial charge in [-0.25, -0.2) is 17.6 Å². The number of phenols is 1. The maximum Gasteiger partial charge on any atom is 0.319 e. The first-order valence-electron chi connectivity index (χ1n) is 12.6. The summed E-state index contributed by atoms with van der Waals surface area (Å²) >= 11 is 6.46. The first-order valence-corrected chi connectivity index (χ1v) is 13.0. The molecule has 2 aromatic carbocycles. The number of anilines is 1. The number of carbonyl (C=O) groups is 1. The van der Waals surface area contributed by atoms with Gasteiger partial charge >= 0.3 is 6.01 Å². The minimum absolute atomic E-state index is 0.0325. The Labute approximate surface area is 232 Å². The molecule has 0 unspecified atom stereocenters. The van der Waals surface area contributed by atoms with Gasteiger partial charge in [-0.05, 0) is 31.2 Å². The zero-order valence-electron chi connectivity index (χ0n) is 21.5. The number of fused-ring (bicyclic) bond motifs is 1. The number of alkyl halides is 2. The minimum atomic E-state index is -2.73. The number of likely N-dealkylation sites (tertiary alicyclic amines) is 1. The van der Waals surface area contributed by atoms with Crippen LogP contribution in [-0.2, 0) is 4.79 Å². The smallest absolute Gasteiger partial charge is 0.319 e. The second kappa shape index (κ2) is 10.7. The van der Waals surface area contributed by atoms with Gasteiger partial charge in [-0.3, -0.25) is 9.69 Å². The summed E-state index contributed by atoms with van der Waals surface area (Å²) in [4.78, 5) is 25.9. The number of rotatable bonds is 7. The van der Waals surface area contributed by atoms with Crippen LogP contribution in [-0.4, -0.2) is 88.6 Å². The van der Waals surface area contributed by atoms with Crippen molar-refractivity contribution in [2.45, 2.75) is 18.9 Å². The predicted molar refractivity (Wildman–Crippen MR) is 142 cm³/mol. The Morgan fingerprint density at radius 2 is 2.00 bits per heavy atom. The van der Waals surface area contributed by atoms with Crippen LogP contribution in [0.5, 0.6) is 11.8 Å². The number of halogens is 5. The van der Waals surface area contributed by atoms with Crippen molar-refractivity contribution in [1.29, 1.82) is 0 Å². The second-order valence-corrected chi connectivity index (χ2v) is 10.3. The predicted octanol–water partition coefficient (Wildman–Crippen LogP) is 4.49. The van der Waals surface area contributed by atoms with Gasteiger partial charge in [-0.1, -0.05) is 24.2 Å². The number of ether oxygens (including phenoxy) is 1. The van der Waals surface area contributed by atoms with Crippen molar-refractivity contribution in [3.8, 4) is 22.9 Å². The average Bonchev–Trinajstić information content (AvgIpc) is 2.88. The number of aromatic nitrogens is 2. The molecule has 1 aromatic heterocycles. The molecule has 0 saturated carbocycles. The first kappa shape index (κ1) is 27.9. The Morgan fingerprint density at radius 1 is 1.25 bits per heavy atom. The zero-order chi connectivity index (χ0) is 28.8. The maximum atomic E-state index is 16.1. The van der Waals surface area contributed by atoms with Crippen LogP contribution in [0.1, 0.15) is 6.92 Å². The van der Waals surface area contributed by atoms with Crippen LogP contribution in [0.15, 0.2) is 36.9 Å². The van der Waals surface area contributed by atoms with E-state index in [1.165, 1.54) is 29.2 Å². The number of hydrogen-bond donors (Lipinski definition) is 1. The number of benzene rings is 2. The lowest BCUT2D eigenvalue weighted by molar-refractivity contribution is -0.132. The van der Waals surface area contributed by atoms with Gasteiger partial charge in [0.2, 0.25) is 5.91 Å². The van der Waals surface area contributed by atoms with E-state index >= 15 is 4.39 Å². The van der Waals surface area contributed by atoms with E-state index in [9.17, 15) is 23.1 Å². The summed E-state index contributed by atoms with van der Waals surface area (Å²) < 4.78 is 62.8. The molecule has 2 fully saturated rings. The molecule has 0 aliphatic carbocycles. The number of piperazine rings is 1. The van der Waals surface area contributed by atoms with E-state index in [4.69, 9.17) is 16.3 Å². The number of phenolic OH excluding ortho intramolecular Hbond substituents is 1. The lowest BCUT2D eigenvalue weighted by Gasteiger charge is -2.40. The highest BCUT2D eigenvalue weighted by Gasteiger charge is 2.43. The van der Waals surface area contributed by atoms with Crippen molar-refractivity contribution < 1.29 is 32.2 Å². The van der Waals surface area contributed by atoms with Crippen molar-refractivity contribution in [2.24, 2.45) is 0 Å². The molecule has 1 N–H and O–H groups in total. The van der Waals surface area contributed by atoms with Gasteiger partial charge in [-0.2, -0.15) is 9.97 Å². The van der Waals surface area contributed by atoms with Crippen molar-refractivity contribution in [3.05, 3.63) is 53.6 Å². The Bertz CT molecular complexity index is 1460. The van der Waals surface area contributed by atoms with E-state index in [0.717, 1.165) is 6.07 Å². The van der Waals surface area contributed by atoms with Crippen molar-refractivity contribution in [3.63, 3.8) is 0 Å². The molecule has 13 heteroatoms. The Kier molecular flexibility index (Phi) is 7.49. The summed E-state index contributed by atoms with van der Waals surface area (Å²) in [6.07, 6.45) is 1.24. The molecule has 40 heavy (non-hydrogen) atoms. The third kappa shape index (κ3) is 5.25. The monoisotopic (exact) mass is 579 g/mol. The van der Waals surface area contributed by atoms with Crippen molar-refractivity contribution in [1.82, 2.24) is 19.8 Å². The van der Waals surface area contributed by atoms with Crippen LogP contribution in [0, 0.1) is 11.6 Å². The topological polar surface area (TPSA) is 82.0 Å². The molecule has 1 atom stereocenters. The molecule has 2 aliphatic rings. The van der Waals surface area contributed by atoms with Crippen LogP contribution in [0.2, 0.25) is 5.02 Å². The fraction of sp³-hybridized carbons (Fsp3) is 0.370.